The van der Waals surface area contributed by atoms with E-state index in [1.165, 1.54) is 24.3 Å². The first kappa shape index (κ1) is 16.5. The number of aryl methyl sites for hydroxylation is 3. The minimum Gasteiger partial charge on any atom is -0.389 e. The van der Waals surface area contributed by atoms with Crippen LogP contribution in [0.1, 0.15) is 43.5 Å². The van der Waals surface area contributed by atoms with Crippen molar-refractivity contribution >= 4 is 18.2 Å². The lowest BCUT2D eigenvalue weighted by Gasteiger charge is -2.07. The topological polar surface area (TPSA) is 86.2 Å². The van der Waals surface area contributed by atoms with Gasteiger partial charge in [-0.3, -0.25) is 19.6 Å². The molecule has 0 aliphatic carbocycles. The van der Waals surface area contributed by atoms with Gasteiger partial charge in [-0.15, -0.1) is 0 Å². The highest BCUT2D eigenvalue weighted by Crippen LogP contribution is 2.10. The van der Waals surface area contributed by atoms with Crippen LogP contribution in [0.15, 0.2) is 24.3 Å². The van der Waals surface area contributed by atoms with Crippen molar-refractivity contribution in [2.75, 3.05) is 0 Å². The maximum Gasteiger partial charge on any atom is 0.345 e. The molecule has 118 valence electrons. The molecule has 2 rings (SSSR count). The lowest BCUT2D eigenvalue weighted by molar-refractivity contribution is -0.137. The number of rotatable bonds is 4. The molecule has 0 atom stereocenters. The minimum atomic E-state index is -0.762. The minimum absolute atomic E-state index is 0.127. The molecule has 0 amide bonds. The third-order valence-corrected chi connectivity index (χ3v) is 3.38. The number of hydrogen-bond donors (Lipinski definition) is 0. The summed E-state index contributed by atoms with van der Waals surface area (Å²) in [6.45, 7) is 5.39. The number of hydrogen-bond acceptors (Lipinski definition) is 6. The third-order valence-electron chi connectivity index (χ3n) is 3.38. The van der Waals surface area contributed by atoms with Gasteiger partial charge >= 0.3 is 11.9 Å². The van der Waals surface area contributed by atoms with Gasteiger partial charge in [-0.25, -0.2) is 4.79 Å². The van der Waals surface area contributed by atoms with Gasteiger partial charge in [0.2, 0.25) is 0 Å². The van der Waals surface area contributed by atoms with E-state index in [2.05, 4.69) is 9.97 Å². The summed E-state index contributed by atoms with van der Waals surface area (Å²) in [5.41, 5.74) is 3.29. The smallest absolute Gasteiger partial charge is 0.345 e. The summed E-state index contributed by atoms with van der Waals surface area (Å²) >= 11 is 0. The van der Waals surface area contributed by atoms with Crippen molar-refractivity contribution in [3.05, 3.63) is 58.2 Å². The Hall–Kier alpha value is -2.89. The Morgan fingerprint density at radius 1 is 1.00 bits per heavy atom. The summed E-state index contributed by atoms with van der Waals surface area (Å²) in [7, 11) is 0. The number of aromatic nitrogens is 2. The maximum atomic E-state index is 11.9. The predicted octanol–water partition coefficient (Wildman–Crippen LogP) is 2.14. The molecule has 0 aliphatic heterocycles. The largest absolute Gasteiger partial charge is 0.389 e. The van der Waals surface area contributed by atoms with Gasteiger partial charge in [-0.1, -0.05) is 12.1 Å². The van der Waals surface area contributed by atoms with Gasteiger partial charge in [0.15, 0.2) is 0 Å². The number of aldehydes is 1. The number of nitrogens with zero attached hydrogens (tertiary/aromatic N) is 2. The molecular weight excluding hydrogens is 296 g/mol. The van der Waals surface area contributed by atoms with E-state index in [-0.39, 0.29) is 12.0 Å². The molecule has 0 fully saturated rings. The second-order valence-electron chi connectivity index (χ2n) is 5.10. The first-order chi connectivity index (χ1) is 10.9. The van der Waals surface area contributed by atoms with Crippen LogP contribution >= 0.6 is 0 Å². The van der Waals surface area contributed by atoms with Crippen molar-refractivity contribution in [2.45, 2.75) is 27.2 Å². The Labute approximate surface area is 133 Å². The van der Waals surface area contributed by atoms with E-state index in [1.807, 2.05) is 6.92 Å². The van der Waals surface area contributed by atoms with E-state index in [0.29, 0.717) is 23.2 Å². The molecule has 6 heteroatoms. The zero-order valence-electron chi connectivity index (χ0n) is 13.1. The molecule has 6 nitrogen and oxygen atoms in total. The highest BCUT2D eigenvalue weighted by molar-refractivity contribution is 5.97. The van der Waals surface area contributed by atoms with Crippen LogP contribution in [0.2, 0.25) is 0 Å². The average molecular weight is 312 g/mol. The standard InChI is InChI=1S/C17H16N2O4/c1-10-11(2)19-15(12(3)18-10)8-16(21)23-17(22)14-6-4-13(9-20)5-7-14/h4-7,9H,8H2,1-3H3. The fraction of sp³-hybridized carbons (Fsp3) is 0.235. The highest BCUT2D eigenvalue weighted by atomic mass is 16.6. The van der Waals surface area contributed by atoms with Gasteiger partial charge in [0.25, 0.3) is 0 Å². The normalized spacial score (nSPS) is 10.2. The average Bonchev–Trinajstić information content (AvgIpc) is 2.52. The highest BCUT2D eigenvalue weighted by Gasteiger charge is 2.16. The number of carbonyl (C=O) groups is 3. The maximum absolute atomic E-state index is 11.9. The van der Waals surface area contributed by atoms with E-state index in [1.54, 1.807) is 13.8 Å². The summed E-state index contributed by atoms with van der Waals surface area (Å²) in [6, 6.07) is 5.82. The van der Waals surface area contributed by atoms with E-state index in [9.17, 15) is 14.4 Å². The number of carbonyl (C=O) groups excluding carboxylic acids is 3. The van der Waals surface area contributed by atoms with E-state index in [4.69, 9.17) is 4.74 Å². The molecule has 2 aromatic rings. The quantitative estimate of drug-likeness (QED) is 0.488. The molecule has 0 bridgehead atoms. The van der Waals surface area contributed by atoms with Crippen LogP contribution in [0.25, 0.3) is 0 Å². The Balaban J connectivity index is 2.05. The lowest BCUT2D eigenvalue weighted by atomic mass is 10.1. The molecule has 0 aliphatic rings. The van der Waals surface area contributed by atoms with Gasteiger partial charge in [-0.05, 0) is 32.9 Å². The van der Waals surface area contributed by atoms with E-state index >= 15 is 0 Å². The monoisotopic (exact) mass is 312 g/mol. The number of esters is 2. The predicted molar refractivity (Wildman–Crippen MR) is 82.2 cm³/mol. The molecule has 0 radical (unpaired) electrons. The van der Waals surface area contributed by atoms with Gasteiger partial charge in [0.05, 0.1) is 34.8 Å². The Morgan fingerprint density at radius 3 is 2.22 bits per heavy atom. The molecular formula is C17H16N2O4. The molecule has 1 heterocycles. The van der Waals surface area contributed by atoms with Gasteiger partial charge in [-0.2, -0.15) is 0 Å². The zero-order chi connectivity index (χ0) is 17.0. The van der Waals surface area contributed by atoms with E-state index < -0.39 is 11.9 Å². The third kappa shape index (κ3) is 4.06. The van der Waals surface area contributed by atoms with Crippen molar-refractivity contribution in [3.8, 4) is 0 Å². The van der Waals surface area contributed by atoms with Crippen LogP contribution in [0.5, 0.6) is 0 Å². The van der Waals surface area contributed by atoms with Crippen LogP contribution in [-0.4, -0.2) is 28.2 Å². The van der Waals surface area contributed by atoms with Gasteiger partial charge in [0, 0.05) is 5.56 Å². The SMILES string of the molecule is Cc1nc(C)c(CC(=O)OC(=O)c2ccc(C=O)cc2)nc1C. The van der Waals surface area contributed by atoms with Gasteiger partial charge in [0.1, 0.15) is 6.29 Å². The van der Waals surface area contributed by atoms with Crippen molar-refractivity contribution in [2.24, 2.45) is 0 Å². The molecule has 0 spiro atoms. The van der Waals surface area contributed by atoms with Gasteiger partial charge < -0.3 is 4.74 Å². The van der Waals surface area contributed by atoms with Crippen LogP contribution in [0, 0.1) is 20.8 Å². The summed E-state index contributed by atoms with van der Waals surface area (Å²) < 4.78 is 4.81. The molecule has 1 aromatic heterocycles. The molecule has 0 saturated heterocycles. The van der Waals surface area contributed by atoms with Crippen LogP contribution in [0.4, 0.5) is 0 Å². The zero-order valence-corrected chi connectivity index (χ0v) is 13.1. The van der Waals surface area contributed by atoms with Crippen molar-refractivity contribution < 1.29 is 19.1 Å². The van der Waals surface area contributed by atoms with Crippen LogP contribution in [0.3, 0.4) is 0 Å². The first-order valence-corrected chi connectivity index (χ1v) is 7.01. The second-order valence-corrected chi connectivity index (χ2v) is 5.10. The molecule has 0 unspecified atom stereocenters. The van der Waals surface area contributed by atoms with Crippen LogP contribution in [-0.2, 0) is 16.0 Å². The number of ether oxygens (including phenoxy) is 1. The van der Waals surface area contributed by atoms with E-state index in [0.717, 1.165) is 11.4 Å². The summed E-state index contributed by atoms with van der Waals surface area (Å²) in [5.74, 6) is -1.46. The Morgan fingerprint density at radius 2 is 1.61 bits per heavy atom. The summed E-state index contributed by atoms with van der Waals surface area (Å²) in [5, 5.41) is 0. The van der Waals surface area contributed by atoms with Crippen molar-refractivity contribution in [1.29, 1.82) is 0 Å². The summed E-state index contributed by atoms with van der Waals surface area (Å²) in [6.07, 6.45) is 0.541. The first-order valence-electron chi connectivity index (χ1n) is 7.01. The number of benzene rings is 1. The molecule has 23 heavy (non-hydrogen) atoms. The molecule has 0 N–H and O–H groups in total. The molecule has 0 saturated carbocycles. The fourth-order valence-electron chi connectivity index (χ4n) is 1.96. The van der Waals surface area contributed by atoms with Crippen molar-refractivity contribution in [3.63, 3.8) is 0 Å². The Kier molecular flexibility index (Phi) is 4.95. The van der Waals surface area contributed by atoms with Crippen LogP contribution < -0.4 is 0 Å². The molecule has 1 aromatic carbocycles. The Bertz CT molecular complexity index is 767. The lowest BCUT2D eigenvalue weighted by Crippen LogP contribution is -2.17. The van der Waals surface area contributed by atoms with Crippen molar-refractivity contribution in [1.82, 2.24) is 9.97 Å². The second kappa shape index (κ2) is 6.91. The summed E-state index contributed by atoms with van der Waals surface area (Å²) in [4.78, 5) is 42.9. The fourth-order valence-corrected chi connectivity index (χ4v) is 1.96.